The van der Waals surface area contributed by atoms with Crippen LogP contribution in [-0.2, 0) is 19.5 Å². The van der Waals surface area contributed by atoms with Crippen LogP contribution in [0.1, 0.15) is 0 Å². The normalized spacial score (nSPS) is 13.4. The SMILES string of the molecule is F[P-](F)(F)(F)(F)F.F[P-](F)(F)(F)(F)F.[Ru+3].c1cc(-c2nc3ccccc3[n-]2)nc(-c2nc3ccccc3[nH]2)c1.c1cnc2c(c1)ccc1cccnc12.c1cnc2c(c1)ccc1cccnc12. The Morgan fingerprint density at radius 3 is 1.18 bits per heavy atom. The fraction of sp³-hybridized carbons (Fsp3) is 0. The number of H-pyrrole nitrogens is 1. The third-order valence-corrected chi connectivity index (χ3v) is 8.63. The Bertz CT molecular complexity index is 3100. The zero-order valence-electron chi connectivity index (χ0n) is 33.4. The topological polar surface area (TPSA) is 120 Å². The second-order valence-corrected chi connectivity index (χ2v) is 17.7. The summed E-state index contributed by atoms with van der Waals surface area (Å²) in [6, 6.07) is 45.8. The van der Waals surface area contributed by atoms with Gasteiger partial charge in [0.1, 0.15) is 5.69 Å². The molecule has 4 aromatic carbocycles. The van der Waals surface area contributed by atoms with Crippen molar-refractivity contribution in [3.8, 4) is 23.0 Å². The zero-order valence-corrected chi connectivity index (χ0v) is 37.0. The predicted molar refractivity (Wildman–Crippen MR) is 235 cm³/mol. The number of nitrogens with one attached hydrogen (secondary N) is 1. The summed E-state index contributed by atoms with van der Waals surface area (Å²) < 4.78 is 118. The van der Waals surface area contributed by atoms with E-state index in [9.17, 15) is 50.4 Å². The second-order valence-electron chi connectivity index (χ2n) is 13.9. The van der Waals surface area contributed by atoms with E-state index in [1.54, 1.807) is 24.8 Å². The molecule has 0 fully saturated rings. The standard InChI is InChI=1S/C19H12N5.2C12H8N2.2F6P.Ru/c1-2-7-13-12(6-1)21-18(22-13)16-10-5-11-17(20-16)19-23-14-8-3-4-9-15(14)24-19;2*1-3-9-5-6-10-4-2-8-14-12(10)11(9)13-7-1;2*1-7(2,3,4,5)6;/h1-11H,(H-,21,22,23,24);2*1-8H;;;/q-1;;;2*-1;+3. The molecule has 0 saturated heterocycles. The molecule has 0 aliphatic carbocycles. The van der Waals surface area contributed by atoms with Crippen LogP contribution in [0.3, 0.4) is 0 Å². The molecule has 0 atom stereocenters. The van der Waals surface area contributed by atoms with Gasteiger partial charge in [-0.05, 0) is 65.4 Å². The Labute approximate surface area is 382 Å². The molecule has 9 nitrogen and oxygen atoms in total. The number of imidazole rings is 2. The fourth-order valence-corrected chi connectivity index (χ4v) is 6.15. The molecule has 0 aliphatic heterocycles. The van der Waals surface area contributed by atoms with Gasteiger partial charge < -0.3 is 15.0 Å². The minimum Gasteiger partial charge on any atom is -0.434 e. The Hall–Kier alpha value is -6.75. The maximum atomic E-state index is 9.87. The van der Waals surface area contributed by atoms with Crippen LogP contribution in [0.4, 0.5) is 50.4 Å². The van der Waals surface area contributed by atoms with Crippen LogP contribution < -0.4 is 4.98 Å². The quantitative estimate of drug-likeness (QED) is 0.0787. The molecule has 0 amide bonds. The molecule has 7 aromatic heterocycles. The number of hydrogen-bond donors (Lipinski definition) is 1. The Morgan fingerprint density at radius 1 is 0.373 bits per heavy atom. The number of nitrogens with zero attached hydrogens (tertiary/aromatic N) is 8. The maximum absolute atomic E-state index is 10.7. The van der Waals surface area contributed by atoms with Crippen molar-refractivity contribution in [2.24, 2.45) is 0 Å². The first-order valence-electron chi connectivity index (χ1n) is 18.8. The summed E-state index contributed by atoms with van der Waals surface area (Å²) in [5.41, 5.74) is 9.10. The Balaban J connectivity index is 0.000000150. The molecule has 0 bridgehead atoms. The number of rotatable bonds is 2. The van der Waals surface area contributed by atoms with Gasteiger partial charge in [-0.25, -0.2) is 9.97 Å². The second kappa shape index (κ2) is 17.5. The van der Waals surface area contributed by atoms with Gasteiger partial charge in [-0.1, -0.05) is 91.0 Å². The van der Waals surface area contributed by atoms with Gasteiger partial charge in [-0.3, -0.25) is 19.9 Å². The van der Waals surface area contributed by atoms with Crippen LogP contribution in [-0.4, -0.2) is 39.9 Å². The summed E-state index contributed by atoms with van der Waals surface area (Å²) in [6.45, 7) is 0. The summed E-state index contributed by atoms with van der Waals surface area (Å²) in [4.78, 5) is 39.1. The summed E-state index contributed by atoms with van der Waals surface area (Å²) in [5, 5.41) is 4.55. The first-order valence-corrected chi connectivity index (χ1v) is 22.8. The molecule has 0 aliphatic rings. The zero-order chi connectivity index (χ0) is 47.5. The third kappa shape index (κ3) is 15.7. The van der Waals surface area contributed by atoms with E-state index in [4.69, 9.17) is 0 Å². The molecule has 67 heavy (non-hydrogen) atoms. The number of benzene rings is 4. The Morgan fingerprint density at radius 2 is 0.761 bits per heavy atom. The van der Waals surface area contributed by atoms with Gasteiger partial charge in [0.15, 0.2) is 5.82 Å². The van der Waals surface area contributed by atoms with E-state index in [-0.39, 0.29) is 19.5 Å². The molecule has 11 rings (SSSR count). The first kappa shape index (κ1) is 49.7. The van der Waals surface area contributed by atoms with Crippen molar-refractivity contribution in [3.05, 3.63) is 164 Å². The van der Waals surface area contributed by atoms with Gasteiger partial charge in [0.2, 0.25) is 0 Å². The van der Waals surface area contributed by atoms with E-state index in [0.29, 0.717) is 5.82 Å². The van der Waals surface area contributed by atoms with Crippen LogP contribution in [0.2, 0.25) is 0 Å². The average molecular weight is 1060 g/mol. The van der Waals surface area contributed by atoms with Crippen LogP contribution in [0.15, 0.2) is 164 Å². The van der Waals surface area contributed by atoms with E-state index < -0.39 is 15.6 Å². The number of aromatic amines is 1. The van der Waals surface area contributed by atoms with E-state index in [2.05, 4.69) is 93.4 Å². The number of halogens is 12. The molecule has 7 heterocycles. The molecule has 347 valence electrons. The van der Waals surface area contributed by atoms with Crippen molar-refractivity contribution in [1.82, 2.24) is 44.9 Å². The first-order chi connectivity index (χ1) is 30.7. The smallest absolute Gasteiger partial charge is 0.434 e. The van der Waals surface area contributed by atoms with Gasteiger partial charge in [0.25, 0.3) is 0 Å². The average Bonchev–Trinajstić information content (AvgIpc) is 3.90. The van der Waals surface area contributed by atoms with Crippen LogP contribution in [0, 0.1) is 0 Å². The molecular formula is C43H28F12N9P2Ru. The van der Waals surface area contributed by atoms with E-state index >= 15 is 0 Å². The number of pyridine rings is 5. The Kier molecular flexibility index (Phi) is 13.0. The largest absolute Gasteiger partial charge is 3.00 e. The molecular weight excluding hydrogens is 1030 g/mol. The molecule has 24 heteroatoms. The molecule has 0 unspecified atom stereocenters. The van der Waals surface area contributed by atoms with Crippen molar-refractivity contribution in [2.75, 3.05) is 0 Å². The molecule has 0 saturated carbocycles. The van der Waals surface area contributed by atoms with Gasteiger partial charge in [-0.15, -0.1) is 0 Å². The number of para-hydroxylation sites is 4. The van der Waals surface area contributed by atoms with Gasteiger partial charge in [0, 0.05) is 46.3 Å². The van der Waals surface area contributed by atoms with Gasteiger partial charge in [-0.2, -0.15) is 0 Å². The van der Waals surface area contributed by atoms with Crippen LogP contribution >= 0.6 is 15.6 Å². The number of aromatic nitrogens is 9. The molecule has 0 spiro atoms. The molecule has 1 N–H and O–H groups in total. The van der Waals surface area contributed by atoms with Crippen LogP contribution in [0.25, 0.3) is 88.7 Å². The van der Waals surface area contributed by atoms with E-state index in [1.807, 2.05) is 91.0 Å². The van der Waals surface area contributed by atoms with Gasteiger partial charge in [0.05, 0.1) is 38.8 Å². The maximum Gasteiger partial charge on any atom is 3.00 e. The third-order valence-electron chi connectivity index (χ3n) is 8.63. The number of fused-ring (bicyclic) bond motifs is 8. The van der Waals surface area contributed by atoms with Crippen molar-refractivity contribution in [2.45, 2.75) is 0 Å². The summed E-state index contributed by atoms with van der Waals surface area (Å²) >= 11 is 0. The van der Waals surface area contributed by atoms with Crippen molar-refractivity contribution in [1.29, 1.82) is 0 Å². The van der Waals surface area contributed by atoms with Crippen molar-refractivity contribution in [3.63, 3.8) is 0 Å². The van der Waals surface area contributed by atoms with Crippen molar-refractivity contribution >= 4 is 81.3 Å². The van der Waals surface area contributed by atoms with E-state index in [0.717, 1.165) is 82.9 Å². The fourth-order valence-electron chi connectivity index (χ4n) is 6.15. The van der Waals surface area contributed by atoms with Gasteiger partial charge >= 0.3 is 85.5 Å². The minimum absolute atomic E-state index is 0. The molecule has 11 aromatic rings. The molecule has 1 radical (unpaired) electrons. The minimum atomic E-state index is -10.7. The summed E-state index contributed by atoms with van der Waals surface area (Å²) in [5.74, 6) is 1.38. The van der Waals surface area contributed by atoms with Crippen LogP contribution in [0.5, 0.6) is 0 Å². The summed E-state index contributed by atoms with van der Waals surface area (Å²) in [7, 11) is -21.3. The predicted octanol–water partition coefficient (Wildman–Crippen LogP) is 16.1. The van der Waals surface area contributed by atoms with E-state index in [1.165, 1.54) is 0 Å². The van der Waals surface area contributed by atoms with Crippen molar-refractivity contribution < 1.29 is 69.8 Å². The number of hydrogen-bond acceptors (Lipinski definition) is 7. The monoisotopic (exact) mass is 1060 g/mol. The summed E-state index contributed by atoms with van der Waals surface area (Å²) in [6.07, 6.45) is 7.21.